The molecule has 0 unspecified atom stereocenters. The minimum Gasteiger partial charge on any atom is -0.329 e. The summed E-state index contributed by atoms with van der Waals surface area (Å²) in [6, 6.07) is 4.73. The van der Waals surface area contributed by atoms with Crippen molar-refractivity contribution >= 4 is 34.1 Å². The van der Waals surface area contributed by atoms with E-state index in [1.807, 2.05) is 4.90 Å². The monoisotopic (exact) mass is 318 g/mol. The Morgan fingerprint density at radius 1 is 1.33 bits per heavy atom. The van der Waals surface area contributed by atoms with E-state index in [1.54, 1.807) is 6.07 Å². The third-order valence-corrected chi connectivity index (χ3v) is 3.44. The maximum atomic E-state index is 12.9. The zero-order valence-corrected chi connectivity index (χ0v) is 10.4. The van der Waals surface area contributed by atoms with Gasteiger partial charge in [-0.1, -0.05) is 0 Å². The fourth-order valence-electron chi connectivity index (χ4n) is 1.80. The van der Waals surface area contributed by atoms with Crippen LogP contribution in [-0.2, 0) is 0 Å². The van der Waals surface area contributed by atoms with Crippen molar-refractivity contribution in [3.8, 4) is 0 Å². The van der Waals surface area contributed by atoms with Crippen LogP contribution < -0.4 is 4.90 Å². The molecule has 0 saturated carbocycles. The number of hydrogen-bond donors (Lipinski definition) is 1. The summed E-state index contributed by atoms with van der Waals surface area (Å²) < 4.78 is 13.8. The first-order chi connectivity index (χ1) is 7.18. The molecule has 4 heteroatoms. The van der Waals surface area contributed by atoms with Crippen LogP contribution in [0.2, 0.25) is 0 Å². The average Bonchev–Trinajstić information content (AvgIpc) is 2.20. The molecule has 1 aliphatic rings. The van der Waals surface area contributed by atoms with Gasteiger partial charge in [0.05, 0.1) is 5.69 Å². The normalized spacial score (nSPS) is 16.9. The number of anilines is 1. The predicted molar refractivity (Wildman–Crippen MR) is 68.0 cm³/mol. The van der Waals surface area contributed by atoms with E-state index in [1.165, 1.54) is 12.1 Å². The van der Waals surface area contributed by atoms with Gasteiger partial charge in [0.15, 0.2) is 0 Å². The fourth-order valence-corrected chi connectivity index (χ4v) is 2.57. The van der Waals surface area contributed by atoms with E-state index in [0.29, 0.717) is 5.84 Å². The highest BCUT2D eigenvalue weighted by molar-refractivity contribution is 14.1. The Labute approximate surface area is 102 Å². The molecule has 0 aromatic heterocycles. The van der Waals surface area contributed by atoms with Crippen molar-refractivity contribution in [1.29, 1.82) is 5.41 Å². The smallest absolute Gasteiger partial charge is 0.124 e. The highest BCUT2D eigenvalue weighted by Gasteiger charge is 2.18. The van der Waals surface area contributed by atoms with E-state index in [2.05, 4.69) is 22.6 Å². The number of halogens is 2. The summed E-state index contributed by atoms with van der Waals surface area (Å²) in [4.78, 5) is 1.98. The lowest BCUT2D eigenvalue weighted by atomic mass is 10.1. The van der Waals surface area contributed by atoms with E-state index < -0.39 is 0 Å². The van der Waals surface area contributed by atoms with Gasteiger partial charge in [-0.15, -0.1) is 0 Å². The highest BCUT2D eigenvalue weighted by atomic mass is 127. The Hall–Kier alpha value is -0.650. The molecule has 1 aromatic carbocycles. The fraction of sp³-hybridized carbons (Fsp3) is 0.364. The lowest BCUT2D eigenvalue weighted by Gasteiger charge is -2.30. The second kappa shape index (κ2) is 4.47. The molecule has 0 amide bonds. The van der Waals surface area contributed by atoms with Crippen LogP contribution in [0.3, 0.4) is 0 Å². The summed E-state index contributed by atoms with van der Waals surface area (Å²) in [7, 11) is 0. The van der Waals surface area contributed by atoms with Crippen LogP contribution in [0.1, 0.15) is 19.3 Å². The van der Waals surface area contributed by atoms with E-state index in [4.69, 9.17) is 5.41 Å². The van der Waals surface area contributed by atoms with Crippen LogP contribution in [0.5, 0.6) is 0 Å². The Bertz CT molecular complexity index is 392. The molecular weight excluding hydrogens is 306 g/mol. The Balaban J connectivity index is 2.31. The molecule has 0 spiro atoms. The van der Waals surface area contributed by atoms with Crippen molar-refractivity contribution in [2.24, 2.45) is 0 Å². The molecule has 80 valence electrons. The second-order valence-electron chi connectivity index (χ2n) is 3.65. The summed E-state index contributed by atoms with van der Waals surface area (Å²) in [6.45, 7) is 0.875. The summed E-state index contributed by atoms with van der Waals surface area (Å²) in [5.41, 5.74) is 0.960. The molecule has 1 aromatic rings. The predicted octanol–water partition coefficient (Wildman–Crippen LogP) is 3.40. The first kappa shape index (κ1) is 10.9. The maximum Gasteiger partial charge on any atom is 0.124 e. The Morgan fingerprint density at radius 3 is 2.80 bits per heavy atom. The van der Waals surface area contributed by atoms with Crippen molar-refractivity contribution in [2.45, 2.75) is 19.3 Å². The summed E-state index contributed by atoms with van der Waals surface area (Å²) in [5.74, 6) is 0.428. The van der Waals surface area contributed by atoms with Gasteiger partial charge in [0.2, 0.25) is 0 Å². The number of nitrogens with zero attached hydrogens (tertiary/aromatic N) is 1. The molecule has 0 aliphatic carbocycles. The highest BCUT2D eigenvalue weighted by Crippen LogP contribution is 2.26. The van der Waals surface area contributed by atoms with Crippen molar-refractivity contribution in [3.05, 3.63) is 27.6 Å². The number of nitrogens with one attached hydrogen (secondary N) is 1. The van der Waals surface area contributed by atoms with Crippen LogP contribution in [0.15, 0.2) is 18.2 Å². The maximum absolute atomic E-state index is 12.9. The van der Waals surface area contributed by atoms with Gasteiger partial charge in [0.25, 0.3) is 0 Å². The molecular formula is C11H12FIN2. The summed E-state index contributed by atoms with van der Waals surface area (Å²) in [5, 5.41) is 7.86. The van der Waals surface area contributed by atoms with Gasteiger partial charge in [-0.05, 0) is 53.6 Å². The van der Waals surface area contributed by atoms with Crippen LogP contribution in [0.4, 0.5) is 10.1 Å². The van der Waals surface area contributed by atoms with Crippen LogP contribution >= 0.6 is 22.6 Å². The largest absolute Gasteiger partial charge is 0.329 e. The van der Waals surface area contributed by atoms with Gasteiger partial charge in [-0.2, -0.15) is 0 Å². The first-order valence-corrected chi connectivity index (χ1v) is 6.06. The number of rotatable bonds is 1. The SMILES string of the molecule is N=C1CCCCN1c1ccc(F)cc1I. The van der Waals surface area contributed by atoms with Crippen molar-refractivity contribution in [1.82, 2.24) is 0 Å². The third kappa shape index (κ3) is 2.30. The van der Waals surface area contributed by atoms with Crippen molar-refractivity contribution < 1.29 is 4.39 Å². The topological polar surface area (TPSA) is 27.1 Å². The van der Waals surface area contributed by atoms with Gasteiger partial charge in [-0.3, -0.25) is 5.41 Å². The van der Waals surface area contributed by atoms with Crippen molar-refractivity contribution in [2.75, 3.05) is 11.4 Å². The zero-order valence-electron chi connectivity index (χ0n) is 8.26. The van der Waals surface area contributed by atoms with Crippen molar-refractivity contribution in [3.63, 3.8) is 0 Å². The van der Waals surface area contributed by atoms with Crippen LogP contribution in [0.25, 0.3) is 0 Å². The average molecular weight is 318 g/mol. The van der Waals surface area contributed by atoms with E-state index in [-0.39, 0.29) is 5.82 Å². The molecule has 1 saturated heterocycles. The molecule has 0 radical (unpaired) electrons. The van der Waals surface area contributed by atoms with Gasteiger partial charge >= 0.3 is 0 Å². The zero-order chi connectivity index (χ0) is 10.8. The first-order valence-electron chi connectivity index (χ1n) is 4.98. The molecule has 2 rings (SSSR count). The van der Waals surface area contributed by atoms with Gasteiger partial charge in [0, 0.05) is 16.5 Å². The second-order valence-corrected chi connectivity index (χ2v) is 4.81. The molecule has 15 heavy (non-hydrogen) atoms. The van der Waals surface area contributed by atoms with E-state index in [9.17, 15) is 4.39 Å². The number of piperidine rings is 1. The van der Waals surface area contributed by atoms with Gasteiger partial charge in [0.1, 0.15) is 11.7 Å². The van der Waals surface area contributed by atoms with E-state index in [0.717, 1.165) is 35.1 Å². The van der Waals surface area contributed by atoms with Crippen LogP contribution in [0, 0.1) is 14.8 Å². The van der Waals surface area contributed by atoms with E-state index >= 15 is 0 Å². The molecule has 1 N–H and O–H groups in total. The molecule has 1 aliphatic heterocycles. The number of benzene rings is 1. The molecule has 1 fully saturated rings. The molecule has 1 heterocycles. The third-order valence-electron chi connectivity index (χ3n) is 2.57. The lowest BCUT2D eigenvalue weighted by molar-refractivity contribution is 0.626. The number of hydrogen-bond acceptors (Lipinski definition) is 1. The standard InChI is InChI=1S/C11H12FIN2/c12-8-4-5-10(9(13)7-8)15-6-2-1-3-11(15)14/h4-5,7,14H,1-3,6H2. The molecule has 2 nitrogen and oxygen atoms in total. The van der Waals surface area contributed by atoms with Crippen LogP contribution in [-0.4, -0.2) is 12.4 Å². The molecule has 0 bridgehead atoms. The minimum absolute atomic E-state index is 0.216. The Morgan fingerprint density at radius 2 is 2.13 bits per heavy atom. The summed E-state index contributed by atoms with van der Waals surface area (Å²) in [6.07, 6.45) is 3.02. The minimum atomic E-state index is -0.216. The number of amidine groups is 1. The lowest BCUT2D eigenvalue weighted by Crippen LogP contribution is -2.35. The van der Waals surface area contributed by atoms with Gasteiger partial charge in [-0.25, -0.2) is 4.39 Å². The Kier molecular flexibility index (Phi) is 3.23. The van der Waals surface area contributed by atoms with Gasteiger partial charge < -0.3 is 4.90 Å². The summed E-state index contributed by atoms with van der Waals surface area (Å²) >= 11 is 2.12. The quantitative estimate of drug-likeness (QED) is 0.790. The molecule has 0 atom stereocenters.